The molecule has 50 heavy (non-hydrogen) atoms. The highest BCUT2D eigenvalue weighted by molar-refractivity contribution is 8.00. The smallest absolute Gasteiger partial charge is 0.272 e. The fourth-order valence-corrected chi connectivity index (χ4v) is 6.62. The second-order valence-electron chi connectivity index (χ2n) is 11.2. The molecule has 0 radical (unpaired) electrons. The molecule has 10 heteroatoms. The molecule has 250 valence electrons. The molecule has 0 fully saturated rings. The number of anilines is 2. The van der Waals surface area contributed by atoms with Crippen molar-refractivity contribution in [1.29, 1.82) is 0 Å². The number of fused-ring (bicyclic) bond motifs is 1. The summed E-state index contributed by atoms with van der Waals surface area (Å²) in [6, 6.07) is 37.5. The average Bonchev–Trinajstić information content (AvgIpc) is 3.61. The van der Waals surface area contributed by atoms with Gasteiger partial charge in [-0.25, -0.2) is 4.98 Å². The Morgan fingerprint density at radius 3 is 2.30 bits per heavy atom. The molecule has 1 unspecified atom stereocenters. The van der Waals surface area contributed by atoms with E-state index in [1.165, 1.54) is 23.1 Å². The summed E-state index contributed by atoms with van der Waals surface area (Å²) >= 11 is 2.78. The van der Waals surface area contributed by atoms with Gasteiger partial charge in [-0.05, 0) is 90.9 Å². The lowest BCUT2D eigenvalue weighted by Crippen LogP contribution is -2.30. The van der Waals surface area contributed by atoms with E-state index in [0.717, 1.165) is 26.9 Å². The molecule has 0 aliphatic carbocycles. The third kappa shape index (κ3) is 8.84. The van der Waals surface area contributed by atoms with E-state index in [9.17, 15) is 14.4 Å². The van der Waals surface area contributed by atoms with E-state index >= 15 is 0 Å². The third-order valence-electron chi connectivity index (χ3n) is 7.60. The van der Waals surface area contributed by atoms with Crippen molar-refractivity contribution in [3.63, 3.8) is 0 Å². The van der Waals surface area contributed by atoms with Crippen LogP contribution in [0.1, 0.15) is 29.8 Å². The Bertz CT molecular complexity index is 2150. The Balaban J connectivity index is 1.08. The number of nitrogens with zero attached hydrogens (tertiary/aromatic N) is 1. The van der Waals surface area contributed by atoms with Crippen LogP contribution < -0.4 is 20.7 Å². The predicted molar refractivity (Wildman–Crippen MR) is 204 cm³/mol. The van der Waals surface area contributed by atoms with Crippen molar-refractivity contribution in [3.8, 4) is 17.0 Å². The van der Waals surface area contributed by atoms with E-state index in [-0.39, 0.29) is 11.6 Å². The lowest BCUT2D eigenvalue weighted by atomic mass is 10.1. The molecule has 0 saturated heterocycles. The van der Waals surface area contributed by atoms with Crippen molar-refractivity contribution < 1.29 is 19.1 Å². The second kappa shape index (κ2) is 16.1. The number of rotatable bonds is 12. The van der Waals surface area contributed by atoms with E-state index in [1.807, 2.05) is 79.9 Å². The van der Waals surface area contributed by atoms with E-state index < -0.39 is 17.1 Å². The van der Waals surface area contributed by atoms with Gasteiger partial charge in [0.25, 0.3) is 11.8 Å². The lowest BCUT2D eigenvalue weighted by Gasteiger charge is -2.13. The molecular formula is C40H34N4O4S2. The predicted octanol–water partition coefficient (Wildman–Crippen LogP) is 8.89. The quantitative estimate of drug-likeness (QED) is 0.0870. The number of hydrogen-bond acceptors (Lipinski definition) is 7. The van der Waals surface area contributed by atoms with Gasteiger partial charge in [-0.2, -0.15) is 0 Å². The number of thiazole rings is 1. The number of thioether (sulfide) groups is 1. The molecule has 0 aliphatic heterocycles. The number of benzene rings is 5. The molecule has 0 spiro atoms. The minimum atomic E-state index is -0.483. The summed E-state index contributed by atoms with van der Waals surface area (Å²) in [6.45, 7) is 4.28. The summed E-state index contributed by atoms with van der Waals surface area (Å²) in [7, 11) is 0. The van der Waals surface area contributed by atoms with Crippen LogP contribution in [-0.2, 0) is 9.59 Å². The Kier molecular flexibility index (Phi) is 11.0. The first-order valence-corrected chi connectivity index (χ1v) is 17.7. The maximum Gasteiger partial charge on any atom is 0.272 e. The molecule has 3 N–H and O–H groups in total. The first-order chi connectivity index (χ1) is 24.3. The van der Waals surface area contributed by atoms with Gasteiger partial charge in [0.1, 0.15) is 11.4 Å². The maximum absolute atomic E-state index is 13.4. The molecule has 1 atom stereocenters. The zero-order valence-electron chi connectivity index (χ0n) is 27.4. The standard InChI is InChI=1S/C40H34N4O4S2/c1-3-48-33-19-13-27(14-20-33)23-35(42-38(46)29-10-5-4-6-11-29)39(47)41-32-17-21-34(22-18-32)50-26(2)37(45)44-40-43-36(25-49-40)31-16-15-28-9-7-8-12-30(28)24-31/h4-26H,3H2,1-2H3,(H,41,47)(H,42,46)(H,43,44,45)/b35-23-. The number of ether oxygens (including phenoxy) is 1. The molecule has 0 saturated carbocycles. The topological polar surface area (TPSA) is 109 Å². The van der Waals surface area contributed by atoms with Crippen LogP contribution in [0.3, 0.4) is 0 Å². The first kappa shape index (κ1) is 34.2. The highest BCUT2D eigenvalue weighted by Crippen LogP contribution is 2.30. The Morgan fingerprint density at radius 1 is 0.840 bits per heavy atom. The van der Waals surface area contributed by atoms with Gasteiger partial charge in [0.15, 0.2) is 5.13 Å². The summed E-state index contributed by atoms with van der Waals surface area (Å²) in [6.07, 6.45) is 1.61. The summed E-state index contributed by atoms with van der Waals surface area (Å²) in [4.78, 5) is 45.0. The van der Waals surface area contributed by atoms with Gasteiger partial charge in [-0.3, -0.25) is 14.4 Å². The highest BCUT2D eigenvalue weighted by atomic mass is 32.2. The number of nitrogens with one attached hydrogen (secondary N) is 3. The van der Waals surface area contributed by atoms with E-state index in [2.05, 4.69) is 45.2 Å². The van der Waals surface area contributed by atoms with Gasteiger partial charge in [0, 0.05) is 27.1 Å². The molecule has 0 bridgehead atoms. The number of hydrogen-bond donors (Lipinski definition) is 3. The molecular weight excluding hydrogens is 665 g/mol. The third-order valence-corrected chi connectivity index (χ3v) is 9.47. The minimum absolute atomic E-state index is 0.0812. The summed E-state index contributed by atoms with van der Waals surface area (Å²) in [5.41, 5.74) is 3.56. The number of carbonyl (C=O) groups is 3. The summed E-state index contributed by atoms with van der Waals surface area (Å²) in [5.74, 6) is -0.338. The Morgan fingerprint density at radius 2 is 1.56 bits per heavy atom. The number of aromatic nitrogens is 1. The van der Waals surface area contributed by atoms with Gasteiger partial charge in [0.05, 0.1) is 17.6 Å². The van der Waals surface area contributed by atoms with Gasteiger partial charge >= 0.3 is 0 Å². The van der Waals surface area contributed by atoms with Crippen LogP contribution in [-0.4, -0.2) is 34.6 Å². The van der Waals surface area contributed by atoms with Crippen molar-refractivity contribution in [2.24, 2.45) is 0 Å². The van der Waals surface area contributed by atoms with Crippen LogP contribution >= 0.6 is 23.1 Å². The van der Waals surface area contributed by atoms with Crippen LogP contribution in [0.15, 0.2) is 137 Å². The van der Waals surface area contributed by atoms with Crippen molar-refractivity contribution in [2.45, 2.75) is 24.0 Å². The lowest BCUT2D eigenvalue weighted by molar-refractivity contribution is -0.115. The van der Waals surface area contributed by atoms with Crippen molar-refractivity contribution in [1.82, 2.24) is 10.3 Å². The second-order valence-corrected chi connectivity index (χ2v) is 13.5. The fourth-order valence-electron chi connectivity index (χ4n) is 5.03. The number of amides is 3. The van der Waals surface area contributed by atoms with Crippen molar-refractivity contribution >= 4 is 68.5 Å². The summed E-state index contributed by atoms with van der Waals surface area (Å²) in [5, 5.41) is 12.9. The first-order valence-electron chi connectivity index (χ1n) is 16.0. The van der Waals surface area contributed by atoms with Crippen molar-refractivity contribution in [3.05, 3.63) is 144 Å². The highest BCUT2D eigenvalue weighted by Gasteiger charge is 2.18. The Hall–Kier alpha value is -5.71. The molecule has 6 aromatic rings. The molecule has 1 aromatic heterocycles. The van der Waals surface area contributed by atoms with Crippen LogP contribution in [0.4, 0.5) is 10.8 Å². The van der Waals surface area contributed by atoms with Crippen LogP contribution in [0.25, 0.3) is 28.1 Å². The molecule has 5 aromatic carbocycles. The van der Waals surface area contributed by atoms with E-state index in [4.69, 9.17) is 4.74 Å². The molecule has 1 heterocycles. The molecule has 0 aliphatic rings. The van der Waals surface area contributed by atoms with Gasteiger partial charge < -0.3 is 20.7 Å². The van der Waals surface area contributed by atoms with Crippen LogP contribution in [0, 0.1) is 0 Å². The normalized spacial score (nSPS) is 11.8. The SMILES string of the molecule is CCOc1ccc(/C=C(\NC(=O)c2ccccc2)C(=O)Nc2ccc(SC(C)C(=O)Nc3nc(-c4ccc5ccccc5c4)cs3)cc2)cc1. The minimum Gasteiger partial charge on any atom is -0.494 e. The fraction of sp³-hybridized carbons (Fsp3) is 0.100. The average molecular weight is 699 g/mol. The number of carbonyl (C=O) groups excluding carboxylic acids is 3. The zero-order chi connectivity index (χ0) is 34.9. The van der Waals surface area contributed by atoms with Gasteiger partial charge in [-0.15, -0.1) is 23.1 Å². The zero-order valence-corrected chi connectivity index (χ0v) is 29.0. The molecule has 6 rings (SSSR count). The summed E-state index contributed by atoms with van der Waals surface area (Å²) < 4.78 is 5.52. The van der Waals surface area contributed by atoms with Crippen molar-refractivity contribution in [2.75, 3.05) is 17.2 Å². The van der Waals surface area contributed by atoms with E-state index in [1.54, 1.807) is 42.5 Å². The molecule has 3 amide bonds. The van der Waals surface area contributed by atoms with Gasteiger partial charge in [-0.1, -0.05) is 66.7 Å². The van der Waals surface area contributed by atoms with Gasteiger partial charge in [0.2, 0.25) is 5.91 Å². The maximum atomic E-state index is 13.4. The largest absolute Gasteiger partial charge is 0.494 e. The monoisotopic (exact) mass is 698 g/mol. The Labute approximate surface area is 298 Å². The van der Waals surface area contributed by atoms with E-state index in [0.29, 0.717) is 34.3 Å². The van der Waals surface area contributed by atoms with Crippen LogP contribution in [0.5, 0.6) is 5.75 Å². The van der Waals surface area contributed by atoms with Crippen LogP contribution in [0.2, 0.25) is 0 Å². The molecule has 8 nitrogen and oxygen atoms in total.